The standard InChI is InChI=1S/C15H19N3OS/c1-4-10-7-5-6-8-11(10)17-15-18-14(16)13(20-15)12(19)9(2)3/h5-9H,4,16H2,1-3H3,(H,17,18). The highest BCUT2D eigenvalue weighted by molar-refractivity contribution is 7.18. The number of nitrogens with zero attached hydrogens (tertiary/aromatic N) is 1. The summed E-state index contributed by atoms with van der Waals surface area (Å²) in [4.78, 5) is 16.8. The van der Waals surface area contributed by atoms with Gasteiger partial charge in [0.2, 0.25) is 0 Å². The average Bonchev–Trinajstić information content (AvgIpc) is 2.79. The number of ketones is 1. The van der Waals surface area contributed by atoms with Crippen molar-refractivity contribution in [3.63, 3.8) is 0 Å². The van der Waals surface area contributed by atoms with Gasteiger partial charge in [0.25, 0.3) is 0 Å². The van der Waals surface area contributed by atoms with Crippen molar-refractivity contribution in [1.82, 2.24) is 4.98 Å². The molecular formula is C15H19N3OS. The van der Waals surface area contributed by atoms with Gasteiger partial charge in [-0.1, -0.05) is 50.3 Å². The number of rotatable bonds is 5. The van der Waals surface area contributed by atoms with E-state index in [4.69, 9.17) is 5.73 Å². The second-order valence-electron chi connectivity index (χ2n) is 4.89. The van der Waals surface area contributed by atoms with Gasteiger partial charge in [-0.15, -0.1) is 0 Å². The van der Waals surface area contributed by atoms with Crippen molar-refractivity contribution in [2.24, 2.45) is 5.92 Å². The molecule has 0 spiro atoms. The highest BCUT2D eigenvalue weighted by Crippen LogP contribution is 2.30. The van der Waals surface area contributed by atoms with Gasteiger partial charge in [0.15, 0.2) is 10.9 Å². The van der Waals surface area contributed by atoms with Crippen LogP contribution in [0.2, 0.25) is 0 Å². The van der Waals surface area contributed by atoms with Gasteiger partial charge in [0.05, 0.1) is 0 Å². The molecule has 0 aliphatic heterocycles. The van der Waals surface area contributed by atoms with Crippen LogP contribution in [0.3, 0.4) is 0 Å². The third-order valence-corrected chi connectivity index (χ3v) is 4.04. The van der Waals surface area contributed by atoms with Crippen LogP contribution in [0.1, 0.15) is 36.0 Å². The minimum atomic E-state index is -0.0754. The zero-order valence-corrected chi connectivity index (χ0v) is 12.8. The van der Waals surface area contributed by atoms with Crippen molar-refractivity contribution in [3.8, 4) is 0 Å². The fourth-order valence-electron chi connectivity index (χ4n) is 1.89. The number of hydrogen-bond acceptors (Lipinski definition) is 5. The van der Waals surface area contributed by atoms with Crippen LogP contribution < -0.4 is 11.1 Å². The number of nitrogens with one attached hydrogen (secondary N) is 1. The number of carbonyl (C=O) groups is 1. The summed E-state index contributed by atoms with van der Waals surface area (Å²) in [5, 5.41) is 3.91. The molecule has 1 heterocycles. The highest BCUT2D eigenvalue weighted by Gasteiger charge is 2.19. The predicted octanol–water partition coefficient (Wildman–Crippen LogP) is 3.87. The second kappa shape index (κ2) is 6.05. The van der Waals surface area contributed by atoms with E-state index in [-0.39, 0.29) is 11.7 Å². The Morgan fingerprint density at radius 1 is 1.40 bits per heavy atom. The van der Waals surface area contributed by atoms with Crippen molar-refractivity contribution >= 4 is 33.8 Å². The van der Waals surface area contributed by atoms with Gasteiger partial charge >= 0.3 is 0 Å². The number of aromatic nitrogens is 1. The summed E-state index contributed by atoms with van der Waals surface area (Å²) in [6.07, 6.45) is 0.932. The first-order chi connectivity index (χ1) is 9.52. The van der Waals surface area contributed by atoms with E-state index in [2.05, 4.69) is 23.3 Å². The van der Waals surface area contributed by atoms with Crippen molar-refractivity contribution in [2.75, 3.05) is 11.1 Å². The fourth-order valence-corrected chi connectivity index (χ4v) is 2.87. The number of thiazole rings is 1. The monoisotopic (exact) mass is 289 g/mol. The molecule has 0 saturated carbocycles. The molecule has 0 amide bonds. The third kappa shape index (κ3) is 2.99. The lowest BCUT2D eigenvalue weighted by Crippen LogP contribution is -2.07. The lowest BCUT2D eigenvalue weighted by atomic mass is 10.1. The predicted molar refractivity (Wildman–Crippen MR) is 84.8 cm³/mol. The summed E-state index contributed by atoms with van der Waals surface area (Å²) in [7, 11) is 0. The molecule has 1 aromatic heterocycles. The number of carbonyl (C=O) groups excluding carboxylic acids is 1. The van der Waals surface area contributed by atoms with Crippen LogP contribution in [0.15, 0.2) is 24.3 Å². The SMILES string of the molecule is CCc1ccccc1Nc1nc(N)c(C(=O)C(C)C)s1. The van der Waals surface area contributed by atoms with E-state index >= 15 is 0 Å². The number of anilines is 3. The maximum absolute atomic E-state index is 12.0. The van der Waals surface area contributed by atoms with Crippen LogP contribution in [-0.4, -0.2) is 10.8 Å². The molecule has 0 unspecified atom stereocenters. The van der Waals surface area contributed by atoms with Crippen LogP contribution in [0.4, 0.5) is 16.6 Å². The van der Waals surface area contributed by atoms with Gasteiger partial charge in [0, 0.05) is 11.6 Å². The normalized spacial score (nSPS) is 10.8. The van der Waals surface area contributed by atoms with E-state index in [9.17, 15) is 4.79 Å². The lowest BCUT2D eigenvalue weighted by molar-refractivity contribution is 0.0944. The number of nitrogen functional groups attached to an aromatic ring is 1. The number of Topliss-reactive ketones (excluding diaryl/α,β-unsaturated/α-hetero) is 1. The number of benzene rings is 1. The molecule has 3 N–H and O–H groups in total. The fraction of sp³-hybridized carbons (Fsp3) is 0.333. The average molecular weight is 289 g/mol. The minimum absolute atomic E-state index is 0.0387. The van der Waals surface area contributed by atoms with Crippen molar-refractivity contribution in [1.29, 1.82) is 0 Å². The van der Waals surface area contributed by atoms with Crippen LogP contribution in [0.5, 0.6) is 0 Å². The maximum Gasteiger partial charge on any atom is 0.189 e. The van der Waals surface area contributed by atoms with E-state index < -0.39 is 0 Å². The quantitative estimate of drug-likeness (QED) is 0.820. The van der Waals surface area contributed by atoms with Crippen LogP contribution in [0.25, 0.3) is 0 Å². The summed E-state index contributed by atoms with van der Waals surface area (Å²) in [6.45, 7) is 5.83. The zero-order chi connectivity index (χ0) is 14.7. The summed E-state index contributed by atoms with van der Waals surface area (Å²) >= 11 is 1.31. The molecule has 0 atom stereocenters. The van der Waals surface area contributed by atoms with Crippen LogP contribution in [0, 0.1) is 5.92 Å². The molecule has 0 aliphatic carbocycles. The Hall–Kier alpha value is -1.88. The van der Waals surface area contributed by atoms with Gasteiger partial charge in [-0.25, -0.2) is 4.98 Å². The molecule has 106 valence electrons. The summed E-state index contributed by atoms with van der Waals surface area (Å²) in [5.74, 6) is 0.274. The maximum atomic E-state index is 12.0. The Kier molecular flexibility index (Phi) is 4.39. The number of nitrogens with two attached hydrogens (primary N) is 1. The van der Waals surface area contributed by atoms with Crippen molar-refractivity contribution < 1.29 is 4.79 Å². The smallest absolute Gasteiger partial charge is 0.189 e. The Balaban J connectivity index is 2.27. The Labute approximate surface area is 123 Å². The van der Waals surface area contributed by atoms with Gasteiger partial charge < -0.3 is 11.1 Å². The molecule has 1 aromatic carbocycles. The molecule has 5 heteroatoms. The molecule has 0 bridgehead atoms. The molecule has 0 saturated heterocycles. The van der Waals surface area contributed by atoms with E-state index in [0.29, 0.717) is 15.8 Å². The van der Waals surface area contributed by atoms with E-state index in [1.807, 2.05) is 32.0 Å². The Morgan fingerprint density at radius 3 is 2.75 bits per heavy atom. The molecule has 2 rings (SSSR count). The van der Waals surface area contributed by atoms with Crippen LogP contribution >= 0.6 is 11.3 Å². The summed E-state index contributed by atoms with van der Waals surface area (Å²) in [5.41, 5.74) is 8.06. The summed E-state index contributed by atoms with van der Waals surface area (Å²) < 4.78 is 0. The van der Waals surface area contributed by atoms with Gasteiger partial charge in [-0.2, -0.15) is 0 Å². The molecule has 2 aromatic rings. The molecular weight excluding hydrogens is 270 g/mol. The number of aryl methyl sites for hydroxylation is 1. The second-order valence-corrected chi connectivity index (χ2v) is 5.89. The minimum Gasteiger partial charge on any atom is -0.382 e. The Morgan fingerprint density at radius 2 is 2.10 bits per heavy atom. The summed E-state index contributed by atoms with van der Waals surface area (Å²) in [6, 6.07) is 8.05. The largest absolute Gasteiger partial charge is 0.382 e. The number of para-hydroxylation sites is 1. The van der Waals surface area contributed by atoms with Crippen molar-refractivity contribution in [2.45, 2.75) is 27.2 Å². The molecule has 20 heavy (non-hydrogen) atoms. The topological polar surface area (TPSA) is 68.0 Å². The van der Waals surface area contributed by atoms with Gasteiger partial charge in [-0.3, -0.25) is 4.79 Å². The molecule has 0 fully saturated rings. The zero-order valence-electron chi connectivity index (χ0n) is 11.9. The first-order valence-electron chi connectivity index (χ1n) is 6.68. The van der Waals surface area contributed by atoms with Gasteiger partial charge in [-0.05, 0) is 18.1 Å². The molecule has 0 radical (unpaired) electrons. The molecule has 0 aliphatic rings. The first kappa shape index (κ1) is 14.5. The van der Waals surface area contributed by atoms with E-state index in [1.165, 1.54) is 16.9 Å². The van der Waals surface area contributed by atoms with Gasteiger partial charge in [0.1, 0.15) is 10.7 Å². The van der Waals surface area contributed by atoms with E-state index in [0.717, 1.165) is 12.1 Å². The first-order valence-corrected chi connectivity index (χ1v) is 7.50. The molecule has 4 nitrogen and oxygen atoms in total. The third-order valence-electron chi connectivity index (χ3n) is 3.04. The Bertz CT molecular complexity index is 619. The van der Waals surface area contributed by atoms with Crippen LogP contribution in [-0.2, 0) is 6.42 Å². The number of hydrogen-bond donors (Lipinski definition) is 2. The lowest BCUT2D eigenvalue weighted by Gasteiger charge is -2.07. The van der Waals surface area contributed by atoms with E-state index in [1.54, 1.807) is 0 Å². The van der Waals surface area contributed by atoms with Crippen molar-refractivity contribution in [3.05, 3.63) is 34.7 Å². The highest BCUT2D eigenvalue weighted by atomic mass is 32.1.